The van der Waals surface area contributed by atoms with Crippen LogP contribution in [-0.2, 0) is 16.0 Å². The summed E-state index contributed by atoms with van der Waals surface area (Å²) in [5, 5.41) is 0. The van der Waals surface area contributed by atoms with E-state index in [0.717, 1.165) is 5.56 Å². The molecule has 1 heterocycles. The van der Waals surface area contributed by atoms with Gasteiger partial charge in [0.15, 0.2) is 0 Å². The quantitative estimate of drug-likeness (QED) is 0.817. The third-order valence-corrected chi connectivity index (χ3v) is 3.72. The molecule has 24 heavy (non-hydrogen) atoms. The molecule has 0 radical (unpaired) electrons. The molecule has 2 rings (SSSR count). The molecule has 0 unspecified atom stereocenters. The smallest absolute Gasteiger partial charge is 0.242 e. The molecule has 6 heteroatoms. The van der Waals surface area contributed by atoms with Gasteiger partial charge in [-0.1, -0.05) is 0 Å². The maximum atomic E-state index is 13.0. The van der Waals surface area contributed by atoms with E-state index in [1.807, 2.05) is 12.1 Å². The summed E-state index contributed by atoms with van der Waals surface area (Å²) in [4.78, 5) is 31.1. The highest BCUT2D eigenvalue weighted by Gasteiger charge is 2.18. The number of carbonyl (C=O) groups is 2. The van der Waals surface area contributed by atoms with Crippen LogP contribution < -0.4 is 4.90 Å². The van der Waals surface area contributed by atoms with Crippen LogP contribution in [0, 0.1) is 5.82 Å². The summed E-state index contributed by atoms with van der Waals surface area (Å²) >= 11 is 0. The molecule has 0 atom stereocenters. The molecule has 0 saturated carbocycles. The zero-order chi connectivity index (χ0) is 17.5. The molecule has 0 aliphatic heterocycles. The molecule has 0 aliphatic carbocycles. The molecule has 2 amide bonds. The van der Waals surface area contributed by atoms with E-state index in [2.05, 4.69) is 4.98 Å². The predicted molar refractivity (Wildman–Crippen MR) is 90.0 cm³/mol. The summed E-state index contributed by atoms with van der Waals surface area (Å²) in [5.41, 5.74) is 1.59. The summed E-state index contributed by atoms with van der Waals surface area (Å²) in [5.74, 6) is -0.830. The number of hydrogen-bond acceptors (Lipinski definition) is 3. The zero-order valence-electron chi connectivity index (χ0n) is 13.8. The first-order valence-corrected chi connectivity index (χ1v) is 7.64. The fourth-order valence-electron chi connectivity index (χ4n) is 2.23. The van der Waals surface area contributed by atoms with Crippen molar-refractivity contribution in [1.82, 2.24) is 9.88 Å². The summed E-state index contributed by atoms with van der Waals surface area (Å²) in [6.07, 6.45) is 4.13. The SMILES string of the molecule is CC(=O)N(CC(=O)N(C)CCc1ccncc1)c1ccc(F)cc1. The van der Waals surface area contributed by atoms with Gasteiger partial charge in [0.25, 0.3) is 0 Å². The van der Waals surface area contributed by atoms with Crippen LogP contribution >= 0.6 is 0 Å². The minimum absolute atomic E-state index is 0.0756. The van der Waals surface area contributed by atoms with E-state index >= 15 is 0 Å². The summed E-state index contributed by atoms with van der Waals surface area (Å²) in [6.45, 7) is 1.85. The van der Waals surface area contributed by atoms with Gasteiger partial charge in [-0.25, -0.2) is 4.39 Å². The van der Waals surface area contributed by atoms with E-state index in [4.69, 9.17) is 0 Å². The van der Waals surface area contributed by atoms with Gasteiger partial charge >= 0.3 is 0 Å². The average Bonchev–Trinajstić information content (AvgIpc) is 2.59. The number of aromatic nitrogens is 1. The lowest BCUT2D eigenvalue weighted by Crippen LogP contribution is -2.41. The van der Waals surface area contributed by atoms with Crippen molar-refractivity contribution in [2.75, 3.05) is 25.0 Å². The van der Waals surface area contributed by atoms with Gasteiger partial charge in [-0.2, -0.15) is 0 Å². The standard InChI is InChI=1S/C18H20FN3O2/c1-14(23)22(17-5-3-16(19)4-6-17)13-18(24)21(2)12-9-15-7-10-20-11-8-15/h3-8,10-11H,9,12-13H2,1-2H3. The number of nitrogens with zero attached hydrogens (tertiary/aromatic N) is 3. The van der Waals surface area contributed by atoms with Gasteiger partial charge in [-0.05, 0) is 48.4 Å². The van der Waals surface area contributed by atoms with Gasteiger partial charge in [0.05, 0.1) is 0 Å². The lowest BCUT2D eigenvalue weighted by Gasteiger charge is -2.24. The molecule has 5 nitrogen and oxygen atoms in total. The summed E-state index contributed by atoms with van der Waals surface area (Å²) < 4.78 is 13.0. The fourth-order valence-corrected chi connectivity index (χ4v) is 2.23. The van der Waals surface area contributed by atoms with E-state index in [0.29, 0.717) is 18.7 Å². The van der Waals surface area contributed by atoms with E-state index in [1.54, 1.807) is 24.3 Å². The fraction of sp³-hybridized carbons (Fsp3) is 0.278. The van der Waals surface area contributed by atoms with Crippen molar-refractivity contribution < 1.29 is 14.0 Å². The Hall–Kier alpha value is -2.76. The molecule has 126 valence electrons. The second kappa shape index (κ2) is 8.19. The van der Waals surface area contributed by atoms with Crippen molar-refractivity contribution in [2.24, 2.45) is 0 Å². The molecule has 0 bridgehead atoms. The zero-order valence-corrected chi connectivity index (χ0v) is 13.8. The van der Waals surface area contributed by atoms with Gasteiger partial charge in [0.1, 0.15) is 12.4 Å². The van der Waals surface area contributed by atoms with Crippen LogP contribution in [0.2, 0.25) is 0 Å². The largest absolute Gasteiger partial charge is 0.344 e. The lowest BCUT2D eigenvalue weighted by molar-refractivity contribution is -0.130. The molecule has 2 aromatic rings. The number of amides is 2. The van der Waals surface area contributed by atoms with Crippen molar-refractivity contribution in [3.63, 3.8) is 0 Å². The number of anilines is 1. The van der Waals surface area contributed by atoms with Crippen molar-refractivity contribution in [1.29, 1.82) is 0 Å². The van der Waals surface area contributed by atoms with Gasteiger partial charge in [-0.3, -0.25) is 14.6 Å². The Balaban J connectivity index is 1.97. The number of halogens is 1. The molecular weight excluding hydrogens is 309 g/mol. The Morgan fingerprint density at radius 1 is 1.08 bits per heavy atom. The van der Waals surface area contributed by atoms with Crippen LogP contribution in [0.4, 0.5) is 10.1 Å². The number of likely N-dealkylation sites (N-methyl/N-ethyl adjacent to an activating group) is 1. The molecule has 1 aromatic heterocycles. The van der Waals surface area contributed by atoms with E-state index < -0.39 is 0 Å². The van der Waals surface area contributed by atoms with Crippen molar-refractivity contribution in [3.8, 4) is 0 Å². The Morgan fingerprint density at radius 3 is 2.29 bits per heavy atom. The van der Waals surface area contributed by atoms with Crippen molar-refractivity contribution >= 4 is 17.5 Å². The number of carbonyl (C=O) groups excluding carboxylic acids is 2. The molecule has 0 fully saturated rings. The Morgan fingerprint density at radius 2 is 1.71 bits per heavy atom. The molecular formula is C18H20FN3O2. The first-order chi connectivity index (χ1) is 11.5. The van der Waals surface area contributed by atoms with Crippen molar-refractivity contribution in [3.05, 3.63) is 60.2 Å². The van der Waals surface area contributed by atoms with Gasteiger partial charge in [0, 0.05) is 38.6 Å². The van der Waals surface area contributed by atoms with Crippen LogP contribution in [0.25, 0.3) is 0 Å². The lowest BCUT2D eigenvalue weighted by atomic mass is 10.2. The van der Waals surface area contributed by atoms with Crippen LogP contribution in [0.15, 0.2) is 48.8 Å². The Kier molecular flexibility index (Phi) is 6.01. The monoisotopic (exact) mass is 329 g/mol. The van der Waals surface area contributed by atoms with E-state index in [-0.39, 0.29) is 24.2 Å². The number of hydrogen-bond donors (Lipinski definition) is 0. The molecule has 1 aromatic carbocycles. The van der Waals surface area contributed by atoms with Crippen molar-refractivity contribution in [2.45, 2.75) is 13.3 Å². The number of pyridine rings is 1. The topological polar surface area (TPSA) is 53.5 Å². The molecule has 0 spiro atoms. The Bertz CT molecular complexity index is 689. The number of rotatable bonds is 6. The van der Waals surface area contributed by atoms with Crippen LogP contribution in [0.1, 0.15) is 12.5 Å². The highest BCUT2D eigenvalue weighted by Crippen LogP contribution is 2.15. The molecule has 0 saturated heterocycles. The van der Waals surface area contributed by atoms with E-state index in [9.17, 15) is 14.0 Å². The minimum Gasteiger partial charge on any atom is -0.344 e. The normalized spacial score (nSPS) is 10.3. The second-order valence-electron chi connectivity index (χ2n) is 5.50. The maximum absolute atomic E-state index is 13.0. The first kappa shape index (κ1) is 17.6. The molecule has 0 aliphatic rings. The predicted octanol–water partition coefficient (Wildman–Crippen LogP) is 2.27. The second-order valence-corrected chi connectivity index (χ2v) is 5.50. The third-order valence-electron chi connectivity index (χ3n) is 3.72. The number of benzene rings is 1. The molecule has 0 N–H and O–H groups in total. The highest BCUT2D eigenvalue weighted by molar-refractivity contribution is 5.97. The van der Waals surface area contributed by atoms with Gasteiger partial charge < -0.3 is 9.80 Å². The minimum atomic E-state index is -0.386. The first-order valence-electron chi connectivity index (χ1n) is 7.64. The summed E-state index contributed by atoms with van der Waals surface area (Å²) in [6, 6.07) is 9.31. The third kappa shape index (κ3) is 4.87. The van der Waals surface area contributed by atoms with Gasteiger partial charge in [-0.15, -0.1) is 0 Å². The van der Waals surface area contributed by atoms with E-state index in [1.165, 1.54) is 36.1 Å². The van der Waals surface area contributed by atoms with Gasteiger partial charge in [0.2, 0.25) is 11.8 Å². The van der Waals surface area contributed by atoms with Crippen LogP contribution in [0.5, 0.6) is 0 Å². The van der Waals surface area contributed by atoms with Crippen LogP contribution in [0.3, 0.4) is 0 Å². The average molecular weight is 329 g/mol. The van der Waals surface area contributed by atoms with Crippen LogP contribution in [-0.4, -0.2) is 41.8 Å². The maximum Gasteiger partial charge on any atom is 0.242 e. The summed E-state index contributed by atoms with van der Waals surface area (Å²) in [7, 11) is 1.70. The highest BCUT2D eigenvalue weighted by atomic mass is 19.1. The Labute approximate surface area is 140 Å².